The average molecular weight is 370 g/mol. The molecule has 1 aliphatic carbocycles. The summed E-state index contributed by atoms with van der Waals surface area (Å²) in [5.41, 5.74) is 2.49. The molecule has 0 atom stereocenters. The van der Waals surface area contributed by atoms with Gasteiger partial charge in [0.05, 0.1) is 0 Å². The molecule has 0 N–H and O–H groups in total. The number of benzene rings is 1. The predicted molar refractivity (Wildman–Crippen MR) is 97.5 cm³/mol. The van der Waals surface area contributed by atoms with E-state index in [9.17, 15) is 14.4 Å². The van der Waals surface area contributed by atoms with Crippen molar-refractivity contribution in [2.24, 2.45) is 0 Å². The molecule has 0 bridgehead atoms. The average Bonchev–Trinajstić information content (AvgIpc) is 2.63. The standard InChI is InChI=1S/C20H18O5S/c1-12(2)19(22)24-7-8-25-20(23)14-10-16(21)15-9-13-5-3-4-6-17(13)26-18(15)11-14/h3-6,11H,1,7-10H2,2H3. The zero-order valence-electron chi connectivity index (χ0n) is 14.4. The van der Waals surface area contributed by atoms with Crippen molar-refractivity contribution in [1.29, 1.82) is 0 Å². The topological polar surface area (TPSA) is 69.7 Å². The minimum absolute atomic E-state index is 0.0337. The molecule has 3 rings (SSSR count). The van der Waals surface area contributed by atoms with Crippen LogP contribution in [0.25, 0.3) is 0 Å². The maximum Gasteiger partial charge on any atom is 0.334 e. The van der Waals surface area contributed by atoms with Gasteiger partial charge in [-0.15, -0.1) is 0 Å². The van der Waals surface area contributed by atoms with Crippen molar-refractivity contribution >= 4 is 29.5 Å². The lowest BCUT2D eigenvalue weighted by Gasteiger charge is -2.24. The number of hydrogen-bond acceptors (Lipinski definition) is 6. The van der Waals surface area contributed by atoms with Crippen LogP contribution in [-0.4, -0.2) is 30.9 Å². The number of fused-ring (bicyclic) bond motifs is 1. The van der Waals surface area contributed by atoms with Gasteiger partial charge >= 0.3 is 11.9 Å². The summed E-state index contributed by atoms with van der Waals surface area (Å²) in [7, 11) is 0. The number of ketones is 1. The van der Waals surface area contributed by atoms with Crippen molar-refractivity contribution in [2.45, 2.75) is 24.7 Å². The van der Waals surface area contributed by atoms with Gasteiger partial charge in [-0.3, -0.25) is 4.79 Å². The Labute approximate surface area is 155 Å². The summed E-state index contributed by atoms with van der Waals surface area (Å²) < 4.78 is 9.98. The highest BCUT2D eigenvalue weighted by molar-refractivity contribution is 8.03. The van der Waals surface area contributed by atoms with Gasteiger partial charge in [0.25, 0.3) is 0 Å². The Hall–Kier alpha value is -2.60. The lowest BCUT2D eigenvalue weighted by molar-refractivity contribution is -0.147. The van der Waals surface area contributed by atoms with E-state index < -0.39 is 11.9 Å². The Bertz CT molecular complexity index is 863. The number of carbonyl (C=O) groups is 3. The highest BCUT2D eigenvalue weighted by Crippen LogP contribution is 2.42. The van der Waals surface area contributed by atoms with Crippen LogP contribution < -0.4 is 0 Å². The van der Waals surface area contributed by atoms with E-state index in [-0.39, 0.29) is 31.0 Å². The second-order valence-corrected chi connectivity index (χ2v) is 7.13. The molecule has 6 heteroatoms. The molecule has 0 fully saturated rings. The summed E-state index contributed by atoms with van der Waals surface area (Å²) in [5.74, 6) is -1.14. The van der Waals surface area contributed by atoms with Crippen LogP contribution in [-0.2, 0) is 30.3 Å². The summed E-state index contributed by atoms with van der Waals surface area (Å²) >= 11 is 1.50. The van der Waals surface area contributed by atoms with E-state index in [0.29, 0.717) is 12.0 Å². The van der Waals surface area contributed by atoms with Gasteiger partial charge in [0.2, 0.25) is 0 Å². The summed E-state index contributed by atoms with van der Waals surface area (Å²) in [4.78, 5) is 37.8. The molecule has 26 heavy (non-hydrogen) atoms. The smallest absolute Gasteiger partial charge is 0.334 e. The lowest BCUT2D eigenvalue weighted by atomic mass is 9.92. The highest BCUT2D eigenvalue weighted by atomic mass is 32.2. The van der Waals surface area contributed by atoms with E-state index in [1.54, 1.807) is 6.08 Å². The number of hydrogen-bond donors (Lipinski definition) is 0. The zero-order chi connectivity index (χ0) is 18.7. The maximum absolute atomic E-state index is 12.4. The molecular weight excluding hydrogens is 352 g/mol. The minimum atomic E-state index is -0.560. The number of ether oxygens (including phenoxy) is 2. The second-order valence-electron chi connectivity index (χ2n) is 6.05. The molecule has 1 heterocycles. The molecule has 0 amide bonds. The largest absolute Gasteiger partial charge is 0.459 e. The van der Waals surface area contributed by atoms with Crippen LogP contribution in [0.5, 0.6) is 0 Å². The van der Waals surface area contributed by atoms with Crippen LogP contribution >= 0.6 is 11.8 Å². The van der Waals surface area contributed by atoms with Gasteiger partial charge < -0.3 is 9.47 Å². The van der Waals surface area contributed by atoms with Crippen LogP contribution in [0, 0.1) is 0 Å². The Morgan fingerprint density at radius 3 is 2.65 bits per heavy atom. The van der Waals surface area contributed by atoms with E-state index in [1.807, 2.05) is 24.3 Å². The summed E-state index contributed by atoms with van der Waals surface area (Å²) in [6, 6.07) is 7.93. The van der Waals surface area contributed by atoms with Gasteiger partial charge in [-0.25, -0.2) is 9.59 Å². The number of esters is 2. The lowest BCUT2D eigenvalue weighted by Crippen LogP contribution is -2.21. The van der Waals surface area contributed by atoms with E-state index in [4.69, 9.17) is 9.47 Å². The number of allylic oxidation sites excluding steroid dienone is 2. The number of carbonyl (C=O) groups excluding carboxylic acids is 3. The highest BCUT2D eigenvalue weighted by Gasteiger charge is 2.29. The third-order valence-corrected chi connectivity index (χ3v) is 5.21. The molecular formula is C20H18O5S. The minimum Gasteiger partial charge on any atom is -0.459 e. The van der Waals surface area contributed by atoms with Gasteiger partial charge in [-0.2, -0.15) is 0 Å². The first-order valence-electron chi connectivity index (χ1n) is 8.18. The molecule has 134 valence electrons. The number of Topliss-reactive ketones (excluding diaryl/α,β-unsaturated/α-hetero) is 1. The molecule has 0 aromatic heterocycles. The van der Waals surface area contributed by atoms with Crippen molar-refractivity contribution in [1.82, 2.24) is 0 Å². The van der Waals surface area contributed by atoms with Gasteiger partial charge in [-0.1, -0.05) is 36.5 Å². The Morgan fingerprint density at radius 1 is 1.15 bits per heavy atom. The molecule has 0 unspecified atom stereocenters. The fourth-order valence-electron chi connectivity index (χ4n) is 2.66. The molecule has 0 saturated carbocycles. The molecule has 1 aromatic carbocycles. The Kier molecular flexibility index (Phi) is 5.42. The zero-order valence-corrected chi connectivity index (χ0v) is 15.2. The SMILES string of the molecule is C=C(C)C(=O)OCCOC(=O)C1=CC2=C(Cc3ccccc3S2)C(=O)C1. The second kappa shape index (κ2) is 7.74. The first-order valence-corrected chi connectivity index (χ1v) is 9.00. The van der Waals surface area contributed by atoms with Crippen molar-refractivity contribution in [3.8, 4) is 0 Å². The molecule has 0 saturated heterocycles. The first-order chi connectivity index (χ1) is 12.5. The Balaban J connectivity index is 1.63. The monoisotopic (exact) mass is 370 g/mol. The Morgan fingerprint density at radius 2 is 1.88 bits per heavy atom. The van der Waals surface area contributed by atoms with E-state index in [0.717, 1.165) is 20.9 Å². The summed E-state index contributed by atoms with van der Waals surface area (Å²) in [6.45, 7) is 4.90. The predicted octanol–water partition coefficient (Wildman–Crippen LogP) is 3.15. The molecule has 1 aromatic rings. The summed E-state index contributed by atoms with van der Waals surface area (Å²) in [6.07, 6.45) is 2.36. The van der Waals surface area contributed by atoms with Crippen LogP contribution in [0.15, 0.2) is 63.4 Å². The van der Waals surface area contributed by atoms with Gasteiger partial charge in [0, 0.05) is 39.4 Å². The fraction of sp³-hybridized carbons (Fsp3) is 0.250. The maximum atomic E-state index is 12.4. The van der Waals surface area contributed by atoms with Crippen molar-refractivity contribution in [3.05, 3.63) is 64.1 Å². The van der Waals surface area contributed by atoms with Crippen LogP contribution in [0.1, 0.15) is 18.9 Å². The normalized spacial score (nSPS) is 15.6. The van der Waals surface area contributed by atoms with Crippen molar-refractivity contribution < 1.29 is 23.9 Å². The molecule has 0 radical (unpaired) electrons. The molecule has 2 aliphatic rings. The van der Waals surface area contributed by atoms with Crippen LogP contribution in [0.2, 0.25) is 0 Å². The van der Waals surface area contributed by atoms with Crippen molar-refractivity contribution in [3.63, 3.8) is 0 Å². The third-order valence-electron chi connectivity index (χ3n) is 4.01. The van der Waals surface area contributed by atoms with Gasteiger partial charge in [0.1, 0.15) is 13.2 Å². The molecule has 0 spiro atoms. The van der Waals surface area contributed by atoms with Crippen molar-refractivity contribution in [2.75, 3.05) is 13.2 Å². The molecule has 5 nitrogen and oxygen atoms in total. The van der Waals surface area contributed by atoms with E-state index in [1.165, 1.54) is 18.7 Å². The summed E-state index contributed by atoms with van der Waals surface area (Å²) in [5, 5.41) is 0. The fourth-order valence-corrected chi connectivity index (χ4v) is 3.83. The van der Waals surface area contributed by atoms with Gasteiger partial charge in [-0.05, 0) is 24.6 Å². The quantitative estimate of drug-likeness (QED) is 0.451. The van der Waals surface area contributed by atoms with Crippen LogP contribution in [0.4, 0.5) is 0 Å². The molecule has 1 aliphatic heterocycles. The third kappa shape index (κ3) is 3.96. The number of rotatable bonds is 5. The van der Waals surface area contributed by atoms with E-state index >= 15 is 0 Å². The first kappa shape index (κ1) is 18.2. The van der Waals surface area contributed by atoms with Crippen LogP contribution in [0.3, 0.4) is 0 Å². The number of thioether (sulfide) groups is 1. The van der Waals surface area contributed by atoms with Gasteiger partial charge in [0.15, 0.2) is 5.78 Å². The van der Waals surface area contributed by atoms with E-state index in [2.05, 4.69) is 6.58 Å².